The maximum absolute atomic E-state index is 11.4. The van der Waals surface area contributed by atoms with Crippen LogP contribution >= 0.6 is 0 Å². The topological polar surface area (TPSA) is 72.5 Å². The van der Waals surface area contributed by atoms with E-state index < -0.39 is 0 Å². The highest BCUT2D eigenvalue weighted by Gasteiger charge is 2.43. The van der Waals surface area contributed by atoms with Crippen molar-refractivity contribution < 1.29 is 14.6 Å². The highest BCUT2D eigenvalue weighted by molar-refractivity contribution is 5.89. The van der Waals surface area contributed by atoms with Gasteiger partial charge in [0.25, 0.3) is 0 Å². The second-order valence-corrected chi connectivity index (χ2v) is 4.62. The van der Waals surface area contributed by atoms with E-state index in [1.807, 2.05) is 18.2 Å². The highest BCUT2D eigenvalue weighted by Crippen LogP contribution is 2.43. The normalized spacial score (nSPS) is 27.4. The van der Waals surface area contributed by atoms with Crippen LogP contribution in [0.1, 0.15) is 28.8 Å². The summed E-state index contributed by atoms with van der Waals surface area (Å²) in [7, 11) is 1.36. The number of aliphatic hydroxyl groups is 1. The summed E-state index contributed by atoms with van der Waals surface area (Å²) in [6.07, 6.45) is 1.04. The van der Waals surface area contributed by atoms with Crippen molar-refractivity contribution in [2.75, 3.05) is 13.7 Å². The SMILES string of the molecule is COC(=O)c1cccc(C2(CN)CC(O)C2)c1. The molecule has 0 radical (unpaired) electrons. The standard InChI is InChI=1S/C13H17NO3/c1-17-12(16)9-3-2-4-10(5-9)13(8-14)6-11(15)7-13/h2-5,11,15H,6-8,14H2,1H3. The molecule has 1 saturated carbocycles. The van der Waals surface area contributed by atoms with Crippen LogP contribution < -0.4 is 5.73 Å². The average molecular weight is 235 g/mol. The number of methoxy groups -OCH3 is 1. The predicted octanol–water partition coefficient (Wildman–Crippen LogP) is 0.824. The fourth-order valence-corrected chi connectivity index (χ4v) is 2.46. The number of nitrogens with two attached hydrogens (primary N) is 1. The van der Waals surface area contributed by atoms with Gasteiger partial charge in [-0.1, -0.05) is 12.1 Å². The molecule has 1 aliphatic carbocycles. The van der Waals surface area contributed by atoms with Crippen LogP contribution in [0.5, 0.6) is 0 Å². The number of carbonyl (C=O) groups excluding carboxylic acids is 1. The zero-order chi connectivity index (χ0) is 12.5. The molecule has 0 saturated heterocycles. The maximum atomic E-state index is 11.4. The van der Waals surface area contributed by atoms with Crippen LogP contribution in [0.25, 0.3) is 0 Å². The molecule has 17 heavy (non-hydrogen) atoms. The Kier molecular flexibility index (Phi) is 3.17. The van der Waals surface area contributed by atoms with Gasteiger partial charge >= 0.3 is 5.97 Å². The molecule has 1 aliphatic rings. The first-order chi connectivity index (χ1) is 8.11. The number of ether oxygens (including phenoxy) is 1. The quantitative estimate of drug-likeness (QED) is 0.761. The van der Waals surface area contributed by atoms with Crippen LogP contribution in [-0.4, -0.2) is 30.8 Å². The Balaban J connectivity index is 2.30. The molecule has 0 aliphatic heterocycles. The molecule has 0 spiro atoms. The maximum Gasteiger partial charge on any atom is 0.337 e. The number of hydrogen-bond donors (Lipinski definition) is 2. The summed E-state index contributed by atoms with van der Waals surface area (Å²) in [5.41, 5.74) is 7.15. The van der Waals surface area contributed by atoms with E-state index in [1.54, 1.807) is 6.07 Å². The van der Waals surface area contributed by atoms with E-state index >= 15 is 0 Å². The molecule has 3 N–H and O–H groups in total. The molecule has 2 rings (SSSR count). The number of carbonyl (C=O) groups is 1. The summed E-state index contributed by atoms with van der Waals surface area (Å²) in [5.74, 6) is -0.348. The zero-order valence-electron chi connectivity index (χ0n) is 9.85. The van der Waals surface area contributed by atoms with Crippen molar-refractivity contribution in [3.05, 3.63) is 35.4 Å². The Hall–Kier alpha value is -1.39. The fraction of sp³-hybridized carbons (Fsp3) is 0.462. The van der Waals surface area contributed by atoms with Gasteiger partial charge in [0.1, 0.15) is 0 Å². The Morgan fingerprint density at radius 2 is 2.29 bits per heavy atom. The molecule has 0 heterocycles. The third kappa shape index (κ3) is 2.06. The molecule has 1 aromatic rings. The third-order valence-corrected chi connectivity index (χ3v) is 3.54. The van der Waals surface area contributed by atoms with Crippen LogP contribution in [-0.2, 0) is 10.2 Å². The summed E-state index contributed by atoms with van der Waals surface area (Å²) in [6, 6.07) is 7.30. The van der Waals surface area contributed by atoms with E-state index in [0.717, 1.165) is 5.56 Å². The lowest BCUT2D eigenvalue weighted by Crippen LogP contribution is -2.49. The van der Waals surface area contributed by atoms with E-state index in [2.05, 4.69) is 0 Å². The van der Waals surface area contributed by atoms with Gasteiger partial charge in [-0.3, -0.25) is 0 Å². The molecule has 0 amide bonds. The number of rotatable bonds is 3. The van der Waals surface area contributed by atoms with Crippen LogP contribution in [0.3, 0.4) is 0 Å². The minimum atomic E-state index is -0.348. The molecule has 0 bridgehead atoms. The number of benzene rings is 1. The lowest BCUT2D eigenvalue weighted by atomic mass is 9.62. The molecule has 4 nitrogen and oxygen atoms in total. The summed E-state index contributed by atoms with van der Waals surface area (Å²) >= 11 is 0. The van der Waals surface area contributed by atoms with Crippen LogP contribution in [0.4, 0.5) is 0 Å². The first kappa shape index (κ1) is 12.1. The van der Waals surface area contributed by atoms with E-state index in [9.17, 15) is 9.90 Å². The highest BCUT2D eigenvalue weighted by atomic mass is 16.5. The smallest absolute Gasteiger partial charge is 0.337 e. The molecule has 1 fully saturated rings. The first-order valence-electron chi connectivity index (χ1n) is 5.68. The Bertz CT molecular complexity index is 424. The van der Waals surface area contributed by atoms with E-state index in [-0.39, 0.29) is 17.5 Å². The van der Waals surface area contributed by atoms with Crippen molar-refractivity contribution in [3.8, 4) is 0 Å². The van der Waals surface area contributed by atoms with Gasteiger partial charge in [-0.25, -0.2) is 4.79 Å². The summed E-state index contributed by atoms with van der Waals surface area (Å²) in [5, 5.41) is 9.45. The van der Waals surface area contributed by atoms with Gasteiger partial charge in [0, 0.05) is 12.0 Å². The van der Waals surface area contributed by atoms with Gasteiger partial charge in [-0.15, -0.1) is 0 Å². The molecule has 0 atom stereocenters. The van der Waals surface area contributed by atoms with E-state index in [0.29, 0.717) is 24.9 Å². The molecular weight excluding hydrogens is 218 g/mol. The molecule has 1 aromatic carbocycles. The van der Waals surface area contributed by atoms with Gasteiger partial charge < -0.3 is 15.6 Å². The second kappa shape index (κ2) is 4.47. The van der Waals surface area contributed by atoms with E-state index in [4.69, 9.17) is 10.5 Å². The van der Waals surface area contributed by atoms with Gasteiger partial charge in [-0.2, -0.15) is 0 Å². The van der Waals surface area contributed by atoms with Crippen molar-refractivity contribution in [2.24, 2.45) is 5.73 Å². The van der Waals surface area contributed by atoms with Crippen LogP contribution in [0.15, 0.2) is 24.3 Å². The number of hydrogen-bond acceptors (Lipinski definition) is 4. The van der Waals surface area contributed by atoms with Gasteiger partial charge in [0.15, 0.2) is 0 Å². The Morgan fingerprint density at radius 1 is 1.59 bits per heavy atom. The molecule has 4 heteroatoms. The number of aliphatic hydroxyl groups excluding tert-OH is 1. The van der Waals surface area contributed by atoms with Crippen molar-refractivity contribution in [3.63, 3.8) is 0 Å². The predicted molar refractivity (Wildman–Crippen MR) is 63.8 cm³/mol. The van der Waals surface area contributed by atoms with E-state index in [1.165, 1.54) is 7.11 Å². The van der Waals surface area contributed by atoms with Crippen LogP contribution in [0, 0.1) is 0 Å². The van der Waals surface area contributed by atoms with Crippen molar-refractivity contribution in [2.45, 2.75) is 24.4 Å². The van der Waals surface area contributed by atoms with Gasteiger partial charge in [-0.05, 0) is 30.5 Å². The largest absolute Gasteiger partial charge is 0.465 e. The first-order valence-corrected chi connectivity index (χ1v) is 5.68. The Morgan fingerprint density at radius 3 is 2.82 bits per heavy atom. The monoisotopic (exact) mass is 235 g/mol. The average Bonchev–Trinajstić information content (AvgIpc) is 2.34. The van der Waals surface area contributed by atoms with Crippen molar-refractivity contribution in [1.82, 2.24) is 0 Å². The zero-order valence-corrected chi connectivity index (χ0v) is 9.85. The van der Waals surface area contributed by atoms with Crippen LogP contribution in [0.2, 0.25) is 0 Å². The summed E-state index contributed by atoms with van der Waals surface area (Å²) in [4.78, 5) is 11.4. The van der Waals surface area contributed by atoms with Crippen molar-refractivity contribution in [1.29, 1.82) is 0 Å². The molecule has 92 valence electrons. The molecule has 0 unspecified atom stereocenters. The summed E-state index contributed by atoms with van der Waals surface area (Å²) < 4.78 is 4.69. The second-order valence-electron chi connectivity index (χ2n) is 4.62. The summed E-state index contributed by atoms with van der Waals surface area (Å²) in [6.45, 7) is 0.481. The van der Waals surface area contributed by atoms with Gasteiger partial charge in [0.05, 0.1) is 18.8 Å². The number of esters is 1. The minimum Gasteiger partial charge on any atom is -0.465 e. The lowest BCUT2D eigenvalue weighted by Gasteiger charge is -2.45. The van der Waals surface area contributed by atoms with Gasteiger partial charge in [0.2, 0.25) is 0 Å². The van der Waals surface area contributed by atoms with Crippen molar-refractivity contribution >= 4 is 5.97 Å². The lowest BCUT2D eigenvalue weighted by molar-refractivity contribution is 0.0221. The fourth-order valence-electron chi connectivity index (χ4n) is 2.46. The molecule has 0 aromatic heterocycles. The third-order valence-electron chi connectivity index (χ3n) is 3.54. The Labute approximate surface area is 100 Å². The molecular formula is C13H17NO3. The minimum absolute atomic E-state index is 0.177.